The Labute approximate surface area is 173 Å². The van der Waals surface area contributed by atoms with Crippen LogP contribution in [0.5, 0.6) is 5.75 Å². The van der Waals surface area contributed by atoms with Gasteiger partial charge in [0.2, 0.25) is 0 Å². The SMILES string of the molecule is CCNC(=NCC(C)Oc1ccc(F)cc1)N1CCC(OCC2CCCO2)CC1. The summed E-state index contributed by atoms with van der Waals surface area (Å²) in [5.41, 5.74) is 0. The summed E-state index contributed by atoms with van der Waals surface area (Å²) in [6.45, 7) is 8.85. The Bertz CT molecular complexity index is 627. The lowest BCUT2D eigenvalue weighted by Gasteiger charge is -2.34. The van der Waals surface area contributed by atoms with Crippen molar-refractivity contribution in [2.45, 2.75) is 57.8 Å². The van der Waals surface area contributed by atoms with E-state index in [9.17, 15) is 4.39 Å². The molecule has 2 saturated heterocycles. The molecule has 2 fully saturated rings. The third-order valence-corrected chi connectivity index (χ3v) is 5.27. The molecule has 6 nitrogen and oxygen atoms in total. The molecule has 2 aliphatic rings. The van der Waals surface area contributed by atoms with Crippen LogP contribution < -0.4 is 10.1 Å². The summed E-state index contributed by atoms with van der Waals surface area (Å²) in [4.78, 5) is 7.05. The normalized spacial score (nSPS) is 22.0. The van der Waals surface area contributed by atoms with Crippen molar-refractivity contribution in [3.63, 3.8) is 0 Å². The first-order valence-corrected chi connectivity index (χ1v) is 10.8. The lowest BCUT2D eigenvalue weighted by molar-refractivity contribution is -0.0367. The maximum atomic E-state index is 13.0. The number of nitrogens with zero attached hydrogens (tertiary/aromatic N) is 2. The van der Waals surface area contributed by atoms with Crippen LogP contribution in [0.15, 0.2) is 29.3 Å². The van der Waals surface area contributed by atoms with Crippen LogP contribution in [0.4, 0.5) is 4.39 Å². The van der Waals surface area contributed by atoms with Gasteiger partial charge in [-0.05, 0) is 63.8 Å². The zero-order valence-electron chi connectivity index (χ0n) is 17.6. The van der Waals surface area contributed by atoms with Crippen LogP contribution in [0.3, 0.4) is 0 Å². The standard InChI is InChI=1S/C22H34FN3O3/c1-3-24-22(25-15-17(2)29-20-8-6-18(23)7-9-20)26-12-10-19(11-13-26)28-16-21-5-4-14-27-21/h6-9,17,19,21H,3-5,10-16H2,1-2H3,(H,24,25). The van der Waals surface area contributed by atoms with Crippen LogP contribution >= 0.6 is 0 Å². The molecule has 0 amide bonds. The van der Waals surface area contributed by atoms with Gasteiger partial charge in [0, 0.05) is 26.2 Å². The smallest absolute Gasteiger partial charge is 0.194 e. The summed E-state index contributed by atoms with van der Waals surface area (Å²) >= 11 is 0. The molecule has 0 aliphatic carbocycles. The number of likely N-dealkylation sites (tertiary alicyclic amines) is 1. The van der Waals surface area contributed by atoms with E-state index in [1.54, 1.807) is 12.1 Å². The van der Waals surface area contributed by atoms with Gasteiger partial charge in [-0.15, -0.1) is 0 Å². The van der Waals surface area contributed by atoms with Crippen LogP contribution in [-0.2, 0) is 9.47 Å². The van der Waals surface area contributed by atoms with Crippen molar-refractivity contribution in [2.75, 3.05) is 39.4 Å². The van der Waals surface area contributed by atoms with Gasteiger partial charge in [0.25, 0.3) is 0 Å². The Morgan fingerprint density at radius 3 is 2.69 bits per heavy atom. The fourth-order valence-electron chi connectivity index (χ4n) is 3.68. The van der Waals surface area contributed by atoms with Gasteiger partial charge in [-0.3, -0.25) is 0 Å². The van der Waals surface area contributed by atoms with E-state index in [-0.39, 0.29) is 18.0 Å². The van der Waals surface area contributed by atoms with Gasteiger partial charge in [0.05, 0.1) is 25.4 Å². The highest BCUT2D eigenvalue weighted by atomic mass is 19.1. The summed E-state index contributed by atoms with van der Waals surface area (Å²) in [5, 5.41) is 3.38. The molecule has 3 rings (SSSR count). The zero-order valence-corrected chi connectivity index (χ0v) is 17.6. The van der Waals surface area contributed by atoms with Crippen molar-refractivity contribution < 1.29 is 18.6 Å². The Hall–Kier alpha value is -1.86. The number of aliphatic imine (C=N–C) groups is 1. The Morgan fingerprint density at radius 2 is 2.03 bits per heavy atom. The van der Waals surface area contributed by atoms with Crippen molar-refractivity contribution in [1.29, 1.82) is 0 Å². The predicted octanol–water partition coefficient (Wildman–Crippen LogP) is 3.22. The van der Waals surface area contributed by atoms with Gasteiger partial charge in [-0.1, -0.05) is 0 Å². The van der Waals surface area contributed by atoms with Crippen LogP contribution in [0.25, 0.3) is 0 Å². The third kappa shape index (κ3) is 7.16. The molecule has 2 atom stereocenters. The second-order valence-corrected chi connectivity index (χ2v) is 7.73. The molecule has 0 radical (unpaired) electrons. The van der Waals surface area contributed by atoms with E-state index in [2.05, 4.69) is 17.1 Å². The number of hydrogen-bond donors (Lipinski definition) is 1. The maximum Gasteiger partial charge on any atom is 0.194 e. The van der Waals surface area contributed by atoms with Gasteiger partial charge >= 0.3 is 0 Å². The van der Waals surface area contributed by atoms with Crippen LogP contribution in [0.2, 0.25) is 0 Å². The molecule has 2 unspecified atom stereocenters. The van der Waals surface area contributed by atoms with Crippen LogP contribution in [-0.4, -0.2) is 68.6 Å². The van der Waals surface area contributed by atoms with E-state index < -0.39 is 0 Å². The van der Waals surface area contributed by atoms with Gasteiger partial charge in [0.1, 0.15) is 17.7 Å². The first-order valence-electron chi connectivity index (χ1n) is 10.8. The van der Waals surface area contributed by atoms with Gasteiger partial charge in [-0.2, -0.15) is 0 Å². The second kappa shape index (κ2) is 11.4. The Balaban J connectivity index is 1.44. The molecule has 1 aromatic carbocycles. The van der Waals surface area contributed by atoms with E-state index in [0.29, 0.717) is 18.4 Å². The molecule has 7 heteroatoms. The van der Waals surface area contributed by atoms with E-state index in [1.807, 2.05) is 6.92 Å². The van der Waals surface area contributed by atoms with Gasteiger partial charge in [0.15, 0.2) is 5.96 Å². The number of rotatable bonds is 8. The number of guanidine groups is 1. The van der Waals surface area contributed by atoms with E-state index in [0.717, 1.165) is 64.5 Å². The van der Waals surface area contributed by atoms with Crippen LogP contribution in [0, 0.1) is 5.82 Å². The van der Waals surface area contributed by atoms with Crippen LogP contribution in [0.1, 0.15) is 39.5 Å². The average Bonchev–Trinajstić information content (AvgIpc) is 3.25. The van der Waals surface area contributed by atoms with Crippen molar-refractivity contribution in [3.8, 4) is 5.75 Å². The Morgan fingerprint density at radius 1 is 1.28 bits per heavy atom. The molecule has 1 aromatic rings. The number of piperidine rings is 1. The first kappa shape index (κ1) is 21.8. The molecular weight excluding hydrogens is 373 g/mol. The molecule has 0 aromatic heterocycles. The van der Waals surface area contributed by atoms with Crippen molar-refractivity contribution in [2.24, 2.45) is 4.99 Å². The summed E-state index contributed by atoms with van der Waals surface area (Å²) < 4.78 is 30.6. The predicted molar refractivity (Wildman–Crippen MR) is 112 cm³/mol. The minimum absolute atomic E-state index is 0.0959. The highest BCUT2D eigenvalue weighted by molar-refractivity contribution is 5.80. The molecule has 2 aliphatic heterocycles. The number of ether oxygens (including phenoxy) is 3. The third-order valence-electron chi connectivity index (χ3n) is 5.27. The van der Waals surface area contributed by atoms with Gasteiger partial charge < -0.3 is 24.4 Å². The van der Waals surface area contributed by atoms with E-state index >= 15 is 0 Å². The number of benzene rings is 1. The molecular formula is C22H34FN3O3. The van der Waals surface area contributed by atoms with E-state index in [4.69, 9.17) is 19.2 Å². The summed E-state index contributed by atoms with van der Waals surface area (Å²) in [5.74, 6) is 1.31. The maximum absolute atomic E-state index is 13.0. The molecule has 1 N–H and O–H groups in total. The molecule has 162 valence electrons. The largest absolute Gasteiger partial charge is 0.489 e. The summed E-state index contributed by atoms with van der Waals surface area (Å²) in [6.07, 6.45) is 4.76. The molecule has 0 spiro atoms. The van der Waals surface area contributed by atoms with E-state index in [1.165, 1.54) is 12.1 Å². The minimum Gasteiger partial charge on any atom is -0.489 e. The van der Waals surface area contributed by atoms with Crippen molar-refractivity contribution in [1.82, 2.24) is 10.2 Å². The molecule has 0 bridgehead atoms. The molecule has 0 saturated carbocycles. The zero-order chi connectivity index (χ0) is 20.5. The second-order valence-electron chi connectivity index (χ2n) is 7.73. The highest BCUT2D eigenvalue weighted by Gasteiger charge is 2.24. The highest BCUT2D eigenvalue weighted by Crippen LogP contribution is 2.18. The summed E-state index contributed by atoms with van der Waals surface area (Å²) in [7, 11) is 0. The minimum atomic E-state index is -0.263. The number of halogens is 1. The van der Waals surface area contributed by atoms with Gasteiger partial charge in [-0.25, -0.2) is 9.38 Å². The number of hydrogen-bond acceptors (Lipinski definition) is 4. The fourth-order valence-corrected chi connectivity index (χ4v) is 3.68. The quantitative estimate of drug-likeness (QED) is 0.530. The lowest BCUT2D eigenvalue weighted by atomic mass is 10.1. The van der Waals surface area contributed by atoms with Crippen molar-refractivity contribution in [3.05, 3.63) is 30.1 Å². The molecule has 29 heavy (non-hydrogen) atoms. The molecule has 2 heterocycles. The fraction of sp³-hybridized carbons (Fsp3) is 0.682. The first-order chi connectivity index (χ1) is 14.1. The Kier molecular flexibility index (Phi) is 8.55. The number of nitrogens with one attached hydrogen (secondary N) is 1. The van der Waals surface area contributed by atoms with Crippen molar-refractivity contribution >= 4 is 5.96 Å². The average molecular weight is 408 g/mol. The topological polar surface area (TPSA) is 55.3 Å². The monoisotopic (exact) mass is 407 g/mol. The lowest BCUT2D eigenvalue weighted by Crippen LogP contribution is -2.47. The summed E-state index contributed by atoms with van der Waals surface area (Å²) in [6, 6.07) is 6.09.